The summed E-state index contributed by atoms with van der Waals surface area (Å²) >= 11 is 0. The normalized spacial score (nSPS) is 13.7. The molecule has 0 fully saturated rings. The Morgan fingerprint density at radius 1 is 0.700 bits per heavy atom. The Labute approximate surface area is 167 Å². The van der Waals surface area contributed by atoms with Gasteiger partial charge in [-0.2, -0.15) is 36.9 Å². The summed E-state index contributed by atoms with van der Waals surface area (Å²) in [6.45, 7) is 2.93. The van der Waals surface area contributed by atoms with Gasteiger partial charge in [0.25, 0.3) is 0 Å². The molecule has 0 N–H and O–H groups in total. The van der Waals surface area contributed by atoms with Crippen LogP contribution in [0.2, 0.25) is 0 Å². The molecule has 30 heavy (non-hydrogen) atoms. The molecule has 0 spiro atoms. The van der Waals surface area contributed by atoms with Crippen molar-refractivity contribution in [2.75, 3.05) is 0 Å². The molecule has 2 rings (SSSR count). The molecule has 2 atom stereocenters. The van der Waals surface area contributed by atoms with E-state index >= 15 is 0 Å². The van der Waals surface area contributed by atoms with Crippen molar-refractivity contribution in [3.8, 4) is 23.6 Å². The molecule has 1 unspecified atom stereocenters. The summed E-state index contributed by atoms with van der Waals surface area (Å²) in [6.07, 6.45) is -11.2. The predicted octanol–water partition coefficient (Wildman–Crippen LogP) is 5.70. The van der Waals surface area contributed by atoms with Gasteiger partial charge in [0.05, 0.1) is 34.4 Å². The van der Waals surface area contributed by atoms with E-state index in [-0.39, 0.29) is 11.5 Å². The second kappa shape index (κ2) is 8.54. The number of nitrogens with zero attached hydrogens (tertiary/aromatic N) is 2. The average molecular weight is 428 g/mol. The molecule has 0 aromatic heterocycles. The molecule has 0 aliphatic heterocycles. The number of nitriles is 2. The average Bonchev–Trinajstić information content (AvgIpc) is 2.66. The highest BCUT2D eigenvalue weighted by Gasteiger charge is 2.35. The van der Waals surface area contributed by atoms with Gasteiger partial charge in [-0.3, -0.25) is 0 Å². The quantitative estimate of drug-likeness (QED) is 0.573. The summed E-state index contributed by atoms with van der Waals surface area (Å²) in [5.41, 5.74) is -3.46. The van der Waals surface area contributed by atoms with E-state index in [0.717, 1.165) is 12.1 Å². The van der Waals surface area contributed by atoms with Crippen molar-refractivity contribution in [2.45, 2.75) is 38.4 Å². The molecule has 158 valence electrons. The van der Waals surface area contributed by atoms with E-state index in [4.69, 9.17) is 20.0 Å². The largest absolute Gasteiger partial charge is 0.487 e. The SMILES string of the molecule is CC(Oc1ccc(C#N)c(C(F)(F)F)c1)[C@@H](C)Oc1ccc(C#N)c(C(F)(F)F)c1. The van der Waals surface area contributed by atoms with Crippen LogP contribution in [0.25, 0.3) is 0 Å². The molecule has 0 aliphatic rings. The summed E-state index contributed by atoms with van der Waals surface area (Å²) in [6, 6.07) is 8.54. The minimum absolute atomic E-state index is 0.180. The fourth-order valence-corrected chi connectivity index (χ4v) is 2.48. The molecule has 0 aliphatic carbocycles. The number of hydrogen-bond donors (Lipinski definition) is 0. The van der Waals surface area contributed by atoms with Crippen LogP contribution in [-0.2, 0) is 12.4 Å². The van der Waals surface area contributed by atoms with Crippen molar-refractivity contribution in [2.24, 2.45) is 0 Å². The van der Waals surface area contributed by atoms with E-state index in [1.165, 1.54) is 38.1 Å². The Bertz CT molecular complexity index is 921. The molecule has 0 saturated heterocycles. The van der Waals surface area contributed by atoms with Gasteiger partial charge < -0.3 is 9.47 Å². The Morgan fingerprint density at radius 3 is 1.30 bits per heavy atom. The lowest BCUT2D eigenvalue weighted by Gasteiger charge is -2.24. The molecule has 0 amide bonds. The lowest BCUT2D eigenvalue weighted by molar-refractivity contribution is -0.138. The predicted molar refractivity (Wildman–Crippen MR) is 92.5 cm³/mol. The van der Waals surface area contributed by atoms with Gasteiger partial charge >= 0.3 is 12.4 Å². The summed E-state index contributed by atoms with van der Waals surface area (Å²) in [5, 5.41) is 17.6. The second-order valence-electron chi connectivity index (χ2n) is 6.28. The van der Waals surface area contributed by atoms with Gasteiger partial charge in [0.2, 0.25) is 0 Å². The van der Waals surface area contributed by atoms with Gasteiger partial charge in [-0.25, -0.2) is 0 Å². The van der Waals surface area contributed by atoms with Crippen LogP contribution in [0.15, 0.2) is 36.4 Å². The molecule has 2 aromatic carbocycles. The molecule has 0 bridgehead atoms. The molecule has 0 saturated carbocycles. The van der Waals surface area contributed by atoms with E-state index in [1.54, 1.807) is 0 Å². The highest BCUT2D eigenvalue weighted by Crippen LogP contribution is 2.36. The fraction of sp³-hybridized carbons (Fsp3) is 0.300. The monoisotopic (exact) mass is 428 g/mol. The molecule has 0 radical (unpaired) electrons. The minimum Gasteiger partial charge on any atom is -0.487 e. The van der Waals surface area contributed by atoms with Crippen molar-refractivity contribution in [3.63, 3.8) is 0 Å². The van der Waals surface area contributed by atoms with Gasteiger partial charge in [-0.15, -0.1) is 0 Å². The van der Waals surface area contributed by atoms with E-state index in [2.05, 4.69) is 0 Å². The van der Waals surface area contributed by atoms with Crippen LogP contribution in [0.3, 0.4) is 0 Å². The summed E-state index contributed by atoms with van der Waals surface area (Å²) in [7, 11) is 0. The first kappa shape index (κ1) is 22.9. The maximum absolute atomic E-state index is 13.0. The third-order valence-corrected chi connectivity index (χ3v) is 4.14. The molecule has 10 heteroatoms. The van der Waals surface area contributed by atoms with Crippen molar-refractivity contribution in [1.82, 2.24) is 0 Å². The Kier molecular flexibility index (Phi) is 6.51. The molecular weight excluding hydrogens is 414 g/mol. The lowest BCUT2D eigenvalue weighted by atomic mass is 10.1. The van der Waals surface area contributed by atoms with Gasteiger partial charge in [0.15, 0.2) is 0 Å². The maximum Gasteiger partial charge on any atom is 0.417 e. The Hall–Kier alpha value is -3.40. The minimum atomic E-state index is -4.76. The van der Waals surface area contributed by atoms with E-state index in [9.17, 15) is 26.3 Å². The van der Waals surface area contributed by atoms with Crippen LogP contribution < -0.4 is 9.47 Å². The number of benzene rings is 2. The molecule has 2 aromatic rings. The topological polar surface area (TPSA) is 66.0 Å². The van der Waals surface area contributed by atoms with Crippen LogP contribution in [0, 0.1) is 22.7 Å². The first-order valence-electron chi connectivity index (χ1n) is 8.42. The van der Waals surface area contributed by atoms with Crippen LogP contribution in [0.5, 0.6) is 11.5 Å². The number of ether oxygens (including phenoxy) is 2. The number of hydrogen-bond acceptors (Lipinski definition) is 4. The maximum atomic E-state index is 13.0. The van der Waals surface area contributed by atoms with Crippen LogP contribution in [0.1, 0.15) is 36.1 Å². The second-order valence-corrected chi connectivity index (χ2v) is 6.28. The van der Waals surface area contributed by atoms with E-state index in [1.807, 2.05) is 0 Å². The van der Waals surface area contributed by atoms with Gasteiger partial charge in [-0.1, -0.05) is 0 Å². The zero-order valence-electron chi connectivity index (χ0n) is 15.6. The number of halogens is 6. The Morgan fingerprint density at radius 2 is 1.03 bits per heavy atom. The van der Waals surface area contributed by atoms with Crippen LogP contribution in [0.4, 0.5) is 26.3 Å². The van der Waals surface area contributed by atoms with Gasteiger partial charge in [0.1, 0.15) is 23.7 Å². The lowest BCUT2D eigenvalue weighted by Crippen LogP contribution is -2.31. The van der Waals surface area contributed by atoms with E-state index in [0.29, 0.717) is 12.1 Å². The summed E-state index contributed by atoms with van der Waals surface area (Å²) < 4.78 is 89.1. The first-order chi connectivity index (χ1) is 13.9. The smallest absolute Gasteiger partial charge is 0.417 e. The third-order valence-electron chi connectivity index (χ3n) is 4.14. The van der Waals surface area contributed by atoms with Crippen LogP contribution in [-0.4, -0.2) is 12.2 Å². The zero-order valence-corrected chi connectivity index (χ0v) is 15.6. The Balaban J connectivity index is 2.19. The van der Waals surface area contributed by atoms with Gasteiger partial charge in [0, 0.05) is 0 Å². The van der Waals surface area contributed by atoms with Crippen molar-refractivity contribution < 1.29 is 35.8 Å². The first-order valence-corrected chi connectivity index (χ1v) is 8.42. The molecule has 4 nitrogen and oxygen atoms in total. The van der Waals surface area contributed by atoms with Crippen molar-refractivity contribution in [3.05, 3.63) is 58.7 Å². The molecule has 0 heterocycles. The summed E-state index contributed by atoms with van der Waals surface area (Å²) in [5.74, 6) is -0.361. The highest BCUT2D eigenvalue weighted by atomic mass is 19.4. The van der Waals surface area contributed by atoms with Crippen molar-refractivity contribution >= 4 is 0 Å². The highest BCUT2D eigenvalue weighted by molar-refractivity contribution is 5.45. The van der Waals surface area contributed by atoms with Gasteiger partial charge in [-0.05, 0) is 50.2 Å². The molecular formula is C20H14F6N2O2. The van der Waals surface area contributed by atoms with Crippen molar-refractivity contribution in [1.29, 1.82) is 10.5 Å². The van der Waals surface area contributed by atoms with Crippen LogP contribution >= 0.6 is 0 Å². The standard InChI is InChI=1S/C20H14F6N2O2/c1-11(29-15-5-3-13(9-27)17(7-15)19(21,22)23)12(2)30-16-6-4-14(10-28)18(8-16)20(24,25)26/h3-8,11-12H,1-2H3/t11-,12?/m1/s1. The zero-order chi connectivity index (χ0) is 22.7. The third kappa shape index (κ3) is 5.35. The number of rotatable bonds is 5. The number of alkyl halides is 6. The van der Waals surface area contributed by atoms with E-state index < -0.39 is 46.8 Å². The summed E-state index contributed by atoms with van der Waals surface area (Å²) in [4.78, 5) is 0. The fourth-order valence-electron chi connectivity index (χ4n) is 2.48.